The number of halogens is 1. The van der Waals surface area contributed by atoms with Gasteiger partial charge in [-0.15, -0.1) is 0 Å². The van der Waals surface area contributed by atoms with E-state index in [1.807, 2.05) is 13.8 Å². The van der Waals surface area contributed by atoms with Gasteiger partial charge in [0.05, 0.1) is 0 Å². The second kappa shape index (κ2) is 5.74. The molecule has 3 nitrogen and oxygen atoms in total. The molecule has 104 valence electrons. The lowest BCUT2D eigenvalue weighted by Crippen LogP contribution is -2.31. The summed E-state index contributed by atoms with van der Waals surface area (Å²) in [5.41, 5.74) is 8.42. The number of rotatable bonds is 3. The Morgan fingerprint density at radius 1 is 1.20 bits per heavy atom. The Morgan fingerprint density at radius 3 is 2.45 bits per heavy atom. The molecule has 0 fully saturated rings. The van der Waals surface area contributed by atoms with Crippen LogP contribution in [0.5, 0.6) is 0 Å². The van der Waals surface area contributed by atoms with Gasteiger partial charge >= 0.3 is 0 Å². The highest BCUT2D eigenvalue weighted by Gasteiger charge is 2.18. The number of hydrogen-bond acceptors (Lipinski definition) is 2. The molecule has 0 saturated heterocycles. The van der Waals surface area contributed by atoms with E-state index in [1.165, 1.54) is 12.1 Å². The zero-order valence-electron chi connectivity index (χ0n) is 11.6. The summed E-state index contributed by atoms with van der Waals surface area (Å²) in [4.78, 5) is 14.2. The summed E-state index contributed by atoms with van der Waals surface area (Å²) in [5.74, 6) is -0.457. The first-order chi connectivity index (χ1) is 9.54. The number of hydrogen-bond donors (Lipinski definition) is 1. The number of nitrogens with two attached hydrogens (primary N) is 1. The Labute approximate surface area is 117 Å². The molecule has 0 unspecified atom stereocenters. The van der Waals surface area contributed by atoms with Crippen LogP contribution in [0.3, 0.4) is 0 Å². The van der Waals surface area contributed by atoms with E-state index < -0.39 is 0 Å². The van der Waals surface area contributed by atoms with Crippen molar-refractivity contribution in [1.29, 1.82) is 0 Å². The minimum Gasteiger partial charge on any atom is -0.398 e. The fourth-order valence-corrected chi connectivity index (χ4v) is 2.10. The van der Waals surface area contributed by atoms with Crippen molar-refractivity contribution in [1.82, 2.24) is 0 Å². The second-order valence-corrected chi connectivity index (χ2v) is 4.55. The molecule has 0 radical (unpaired) electrons. The van der Waals surface area contributed by atoms with Crippen LogP contribution in [-0.4, -0.2) is 12.5 Å². The maximum absolute atomic E-state index is 13.0. The van der Waals surface area contributed by atoms with Gasteiger partial charge in [-0.25, -0.2) is 4.39 Å². The van der Waals surface area contributed by atoms with Crippen molar-refractivity contribution in [3.8, 4) is 0 Å². The van der Waals surface area contributed by atoms with Crippen molar-refractivity contribution in [3.05, 3.63) is 59.4 Å². The quantitative estimate of drug-likeness (QED) is 0.871. The van der Waals surface area contributed by atoms with Gasteiger partial charge in [-0.05, 0) is 55.8 Å². The maximum atomic E-state index is 13.0. The number of anilines is 2. The molecule has 20 heavy (non-hydrogen) atoms. The second-order valence-electron chi connectivity index (χ2n) is 4.55. The van der Waals surface area contributed by atoms with Gasteiger partial charge in [0.25, 0.3) is 5.91 Å². The van der Waals surface area contributed by atoms with Crippen LogP contribution in [0.25, 0.3) is 0 Å². The average Bonchev–Trinajstić information content (AvgIpc) is 2.44. The van der Waals surface area contributed by atoms with Gasteiger partial charge in [-0.2, -0.15) is 0 Å². The minimum atomic E-state index is -0.322. The van der Waals surface area contributed by atoms with Crippen LogP contribution >= 0.6 is 0 Å². The summed E-state index contributed by atoms with van der Waals surface area (Å²) in [6.07, 6.45) is 0. The predicted octanol–water partition coefficient (Wildman–Crippen LogP) is 3.38. The van der Waals surface area contributed by atoms with E-state index in [4.69, 9.17) is 5.73 Å². The van der Waals surface area contributed by atoms with E-state index in [1.54, 1.807) is 35.2 Å². The minimum absolute atomic E-state index is 0.135. The molecular weight excluding hydrogens is 255 g/mol. The van der Waals surface area contributed by atoms with Crippen molar-refractivity contribution in [3.63, 3.8) is 0 Å². The van der Waals surface area contributed by atoms with Gasteiger partial charge in [0.2, 0.25) is 0 Å². The first-order valence-corrected chi connectivity index (χ1v) is 6.47. The Morgan fingerprint density at radius 2 is 1.85 bits per heavy atom. The first-order valence-electron chi connectivity index (χ1n) is 6.47. The van der Waals surface area contributed by atoms with E-state index in [0.29, 0.717) is 23.5 Å². The molecule has 2 rings (SSSR count). The fourth-order valence-electron chi connectivity index (χ4n) is 2.10. The monoisotopic (exact) mass is 272 g/mol. The fraction of sp³-hybridized carbons (Fsp3) is 0.188. The van der Waals surface area contributed by atoms with Crippen LogP contribution in [0.2, 0.25) is 0 Å². The highest BCUT2D eigenvalue weighted by Crippen LogP contribution is 2.21. The Hall–Kier alpha value is -2.36. The molecule has 1 amide bonds. The Bertz CT molecular complexity index is 623. The lowest BCUT2D eigenvalue weighted by atomic mass is 10.1. The summed E-state index contributed by atoms with van der Waals surface area (Å²) in [6, 6.07) is 11.2. The SMILES string of the molecule is CCN(C(=O)c1cccc(N)c1C)c1ccc(F)cc1. The Balaban J connectivity index is 2.39. The molecule has 0 aliphatic heterocycles. The predicted molar refractivity (Wildman–Crippen MR) is 79.3 cm³/mol. The van der Waals surface area contributed by atoms with E-state index >= 15 is 0 Å². The molecule has 2 N–H and O–H groups in total. The van der Waals surface area contributed by atoms with Crippen LogP contribution in [-0.2, 0) is 0 Å². The van der Waals surface area contributed by atoms with Crippen molar-refractivity contribution in [2.75, 3.05) is 17.2 Å². The zero-order valence-corrected chi connectivity index (χ0v) is 11.6. The normalized spacial score (nSPS) is 10.3. The van der Waals surface area contributed by atoms with Crippen molar-refractivity contribution in [2.24, 2.45) is 0 Å². The number of carbonyl (C=O) groups is 1. The van der Waals surface area contributed by atoms with Gasteiger partial charge in [0.15, 0.2) is 0 Å². The smallest absolute Gasteiger partial charge is 0.258 e. The largest absolute Gasteiger partial charge is 0.398 e. The molecule has 0 bridgehead atoms. The average molecular weight is 272 g/mol. The lowest BCUT2D eigenvalue weighted by molar-refractivity contribution is 0.0987. The number of nitrogen functional groups attached to an aromatic ring is 1. The summed E-state index contributed by atoms with van der Waals surface area (Å²) in [5, 5.41) is 0. The van der Waals surface area contributed by atoms with E-state index in [-0.39, 0.29) is 11.7 Å². The third-order valence-corrected chi connectivity index (χ3v) is 3.31. The van der Waals surface area contributed by atoms with Crippen LogP contribution < -0.4 is 10.6 Å². The van der Waals surface area contributed by atoms with Crippen molar-refractivity contribution < 1.29 is 9.18 Å². The first kappa shape index (κ1) is 14.1. The van der Waals surface area contributed by atoms with E-state index in [0.717, 1.165) is 5.56 Å². The number of nitrogens with zero attached hydrogens (tertiary/aromatic N) is 1. The Kier molecular flexibility index (Phi) is 4.03. The molecule has 0 saturated carbocycles. The van der Waals surface area contributed by atoms with Crippen molar-refractivity contribution in [2.45, 2.75) is 13.8 Å². The summed E-state index contributed by atoms with van der Waals surface area (Å²) >= 11 is 0. The van der Waals surface area contributed by atoms with E-state index in [2.05, 4.69) is 0 Å². The van der Waals surface area contributed by atoms with E-state index in [9.17, 15) is 9.18 Å². The molecule has 0 aliphatic carbocycles. The van der Waals surface area contributed by atoms with Gasteiger partial charge in [0.1, 0.15) is 5.82 Å². The highest BCUT2D eigenvalue weighted by molar-refractivity contribution is 6.07. The summed E-state index contributed by atoms with van der Waals surface area (Å²) in [6.45, 7) is 4.20. The van der Waals surface area contributed by atoms with Crippen LogP contribution in [0.15, 0.2) is 42.5 Å². The third kappa shape index (κ3) is 2.64. The zero-order chi connectivity index (χ0) is 14.7. The molecule has 2 aromatic carbocycles. The number of carbonyl (C=O) groups excluding carboxylic acids is 1. The molecular formula is C16H17FN2O. The molecule has 0 atom stereocenters. The van der Waals surface area contributed by atoms with Gasteiger partial charge in [-0.1, -0.05) is 6.07 Å². The standard InChI is InChI=1S/C16H17FN2O/c1-3-19(13-9-7-12(17)8-10-13)16(20)14-5-4-6-15(18)11(14)2/h4-10H,3,18H2,1-2H3. The highest BCUT2D eigenvalue weighted by atomic mass is 19.1. The molecule has 0 aliphatic rings. The molecule has 2 aromatic rings. The molecule has 0 heterocycles. The molecule has 0 spiro atoms. The summed E-state index contributed by atoms with van der Waals surface area (Å²) in [7, 11) is 0. The van der Waals surface area contributed by atoms with Gasteiger partial charge in [0, 0.05) is 23.5 Å². The van der Waals surface area contributed by atoms with Crippen LogP contribution in [0, 0.1) is 12.7 Å². The van der Waals surface area contributed by atoms with Gasteiger partial charge in [-0.3, -0.25) is 4.79 Å². The van der Waals surface area contributed by atoms with Gasteiger partial charge < -0.3 is 10.6 Å². The molecule has 0 aromatic heterocycles. The third-order valence-electron chi connectivity index (χ3n) is 3.31. The van der Waals surface area contributed by atoms with Crippen LogP contribution in [0.4, 0.5) is 15.8 Å². The lowest BCUT2D eigenvalue weighted by Gasteiger charge is -2.22. The topological polar surface area (TPSA) is 46.3 Å². The number of benzene rings is 2. The molecule has 4 heteroatoms. The maximum Gasteiger partial charge on any atom is 0.258 e. The van der Waals surface area contributed by atoms with Crippen molar-refractivity contribution >= 4 is 17.3 Å². The number of amides is 1. The summed E-state index contributed by atoms with van der Waals surface area (Å²) < 4.78 is 13.0. The van der Waals surface area contributed by atoms with Crippen LogP contribution in [0.1, 0.15) is 22.8 Å².